The van der Waals surface area contributed by atoms with Crippen LogP contribution in [0.1, 0.15) is 51.4 Å². The first-order chi connectivity index (χ1) is 6.33. The minimum Gasteiger partial charge on any atom is -0.303 e. The Bertz CT molecular complexity index is 199. The van der Waals surface area contributed by atoms with Crippen LogP contribution in [0.15, 0.2) is 0 Å². The molecule has 0 N–H and O–H groups in total. The average molecular weight is 179 g/mol. The molecule has 0 unspecified atom stereocenters. The highest BCUT2D eigenvalue weighted by Gasteiger charge is 2.30. The maximum Gasteiger partial charge on any atom is 0.126 e. The number of aldehydes is 1. The standard InChI is InChI=1S/C11H17NO/c12-9-5-4-8-11(10-13)6-2-1-3-7-11/h10H,1-8H2. The number of carbonyl (C=O) groups excluding carboxylic acids is 1. The fourth-order valence-corrected chi connectivity index (χ4v) is 2.20. The predicted molar refractivity (Wildman–Crippen MR) is 51.0 cm³/mol. The fourth-order valence-electron chi connectivity index (χ4n) is 2.20. The monoisotopic (exact) mass is 179 g/mol. The van der Waals surface area contributed by atoms with Gasteiger partial charge < -0.3 is 4.79 Å². The summed E-state index contributed by atoms with van der Waals surface area (Å²) in [5.74, 6) is 0. The van der Waals surface area contributed by atoms with Gasteiger partial charge in [0.15, 0.2) is 0 Å². The second-order valence-corrected chi connectivity index (χ2v) is 4.05. The molecule has 0 heterocycles. The van der Waals surface area contributed by atoms with Crippen molar-refractivity contribution in [2.45, 2.75) is 51.4 Å². The molecular weight excluding hydrogens is 162 g/mol. The zero-order valence-corrected chi connectivity index (χ0v) is 8.09. The van der Waals surface area contributed by atoms with Gasteiger partial charge in [0.05, 0.1) is 6.07 Å². The Morgan fingerprint density at radius 2 is 2.00 bits per heavy atom. The predicted octanol–water partition coefficient (Wildman–Crippen LogP) is 2.83. The molecule has 0 aromatic carbocycles. The number of rotatable bonds is 4. The first-order valence-electron chi connectivity index (χ1n) is 5.16. The van der Waals surface area contributed by atoms with Crippen molar-refractivity contribution < 1.29 is 4.79 Å². The molecule has 1 fully saturated rings. The van der Waals surface area contributed by atoms with Crippen molar-refractivity contribution in [1.29, 1.82) is 5.26 Å². The summed E-state index contributed by atoms with van der Waals surface area (Å²) in [4.78, 5) is 11.0. The Morgan fingerprint density at radius 1 is 1.31 bits per heavy atom. The third-order valence-electron chi connectivity index (χ3n) is 3.06. The lowest BCUT2D eigenvalue weighted by atomic mass is 9.72. The van der Waals surface area contributed by atoms with Crippen LogP contribution in [0.3, 0.4) is 0 Å². The van der Waals surface area contributed by atoms with Gasteiger partial charge in [-0.3, -0.25) is 0 Å². The fraction of sp³-hybridized carbons (Fsp3) is 0.818. The van der Waals surface area contributed by atoms with Crippen LogP contribution >= 0.6 is 0 Å². The second-order valence-electron chi connectivity index (χ2n) is 4.05. The molecule has 72 valence electrons. The van der Waals surface area contributed by atoms with E-state index in [2.05, 4.69) is 6.07 Å². The Morgan fingerprint density at radius 3 is 2.54 bits per heavy atom. The number of carbonyl (C=O) groups is 1. The van der Waals surface area contributed by atoms with Crippen molar-refractivity contribution in [2.75, 3.05) is 0 Å². The number of hydrogen-bond donors (Lipinski definition) is 0. The van der Waals surface area contributed by atoms with E-state index in [1.165, 1.54) is 19.3 Å². The average Bonchev–Trinajstić information content (AvgIpc) is 2.20. The van der Waals surface area contributed by atoms with Crippen molar-refractivity contribution in [3.63, 3.8) is 0 Å². The molecule has 0 amide bonds. The van der Waals surface area contributed by atoms with Gasteiger partial charge in [-0.1, -0.05) is 19.3 Å². The van der Waals surface area contributed by atoms with Crippen LogP contribution in [0.25, 0.3) is 0 Å². The number of unbranched alkanes of at least 4 members (excludes halogenated alkanes) is 1. The van der Waals surface area contributed by atoms with E-state index in [1.54, 1.807) is 0 Å². The summed E-state index contributed by atoms with van der Waals surface area (Å²) in [5.41, 5.74) is -0.0604. The highest BCUT2D eigenvalue weighted by atomic mass is 16.1. The zero-order chi connectivity index (χ0) is 9.57. The van der Waals surface area contributed by atoms with Crippen molar-refractivity contribution in [2.24, 2.45) is 5.41 Å². The van der Waals surface area contributed by atoms with Crippen molar-refractivity contribution in [3.8, 4) is 6.07 Å². The molecule has 13 heavy (non-hydrogen) atoms. The molecular formula is C11H17NO. The van der Waals surface area contributed by atoms with E-state index in [1.807, 2.05) is 0 Å². The summed E-state index contributed by atoms with van der Waals surface area (Å²) in [6.45, 7) is 0. The third-order valence-corrected chi connectivity index (χ3v) is 3.06. The normalized spacial score (nSPS) is 20.5. The molecule has 2 nitrogen and oxygen atoms in total. The molecule has 1 saturated carbocycles. The highest BCUT2D eigenvalue weighted by molar-refractivity contribution is 5.59. The summed E-state index contributed by atoms with van der Waals surface area (Å²) in [7, 11) is 0. The van der Waals surface area contributed by atoms with Gasteiger partial charge in [0.1, 0.15) is 6.29 Å². The summed E-state index contributed by atoms with van der Waals surface area (Å²) in [6, 6.07) is 2.13. The van der Waals surface area contributed by atoms with Gasteiger partial charge in [0.25, 0.3) is 0 Å². The maximum absolute atomic E-state index is 11.0. The lowest BCUT2D eigenvalue weighted by Crippen LogP contribution is -2.25. The second kappa shape index (κ2) is 5.01. The summed E-state index contributed by atoms with van der Waals surface area (Å²) in [6.07, 6.45) is 9.27. The van der Waals surface area contributed by atoms with E-state index >= 15 is 0 Å². The van der Waals surface area contributed by atoms with Gasteiger partial charge in [0, 0.05) is 11.8 Å². The van der Waals surface area contributed by atoms with Crippen LogP contribution in [0.4, 0.5) is 0 Å². The largest absolute Gasteiger partial charge is 0.303 e. The SMILES string of the molecule is N#CCCCC1(C=O)CCCCC1. The molecule has 1 rings (SSSR count). The van der Waals surface area contributed by atoms with Gasteiger partial charge in [0.2, 0.25) is 0 Å². The van der Waals surface area contributed by atoms with Crippen molar-refractivity contribution in [3.05, 3.63) is 0 Å². The van der Waals surface area contributed by atoms with Crippen LogP contribution in [-0.2, 0) is 4.79 Å². The van der Waals surface area contributed by atoms with Gasteiger partial charge in [-0.05, 0) is 25.7 Å². The molecule has 0 spiro atoms. The van der Waals surface area contributed by atoms with Crippen molar-refractivity contribution in [1.82, 2.24) is 0 Å². The summed E-state index contributed by atoms with van der Waals surface area (Å²) < 4.78 is 0. The van der Waals surface area contributed by atoms with E-state index in [9.17, 15) is 4.79 Å². The molecule has 2 heteroatoms. The molecule has 0 saturated heterocycles. The van der Waals surface area contributed by atoms with E-state index < -0.39 is 0 Å². The van der Waals surface area contributed by atoms with Crippen LogP contribution < -0.4 is 0 Å². The Labute approximate surface area is 79.9 Å². The number of hydrogen-bond acceptors (Lipinski definition) is 2. The highest BCUT2D eigenvalue weighted by Crippen LogP contribution is 2.38. The lowest BCUT2D eigenvalue weighted by Gasteiger charge is -2.31. The van der Waals surface area contributed by atoms with Crippen LogP contribution in [0.5, 0.6) is 0 Å². The van der Waals surface area contributed by atoms with Crippen LogP contribution in [0.2, 0.25) is 0 Å². The Hall–Kier alpha value is -0.840. The topological polar surface area (TPSA) is 40.9 Å². The first kappa shape index (κ1) is 10.2. The van der Waals surface area contributed by atoms with E-state index in [-0.39, 0.29) is 5.41 Å². The van der Waals surface area contributed by atoms with Gasteiger partial charge in [-0.15, -0.1) is 0 Å². The Kier molecular flexibility index (Phi) is 3.95. The van der Waals surface area contributed by atoms with E-state index in [4.69, 9.17) is 5.26 Å². The first-order valence-corrected chi connectivity index (χ1v) is 5.16. The molecule has 0 atom stereocenters. The van der Waals surface area contributed by atoms with Gasteiger partial charge in [-0.2, -0.15) is 5.26 Å². The molecule has 0 aliphatic heterocycles. The third kappa shape index (κ3) is 2.84. The van der Waals surface area contributed by atoms with Crippen molar-refractivity contribution >= 4 is 6.29 Å². The van der Waals surface area contributed by atoms with Crippen LogP contribution in [0, 0.1) is 16.7 Å². The summed E-state index contributed by atoms with van der Waals surface area (Å²) in [5, 5.41) is 8.41. The smallest absolute Gasteiger partial charge is 0.126 e. The molecule has 1 aliphatic carbocycles. The lowest BCUT2D eigenvalue weighted by molar-refractivity contribution is -0.118. The molecule has 0 aromatic heterocycles. The minimum atomic E-state index is -0.0604. The maximum atomic E-state index is 11.0. The molecule has 0 bridgehead atoms. The van der Waals surface area contributed by atoms with Crippen LogP contribution in [-0.4, -0.2) is 6.29 Å². The quantitative estimate of drug-likeness (QED) is 0.492. The molecule has 0 aromatic rings. The van der Waals surface area contributed by atoms with Gasteiger partial charge >= 0.3 is 0 Å². The Balaban J connectivity index is 2.39. The molecule has 0 radical (unpaired) electrons. The number of nitriles is 1. The number of nitrogens with zero attached hydrogens (tertiary/aromatic N) is 1. The zero-order valence-electron chi connectivity index (χ0n) is 8.09. The summed E-state index contributed by atoms with van der Waals surface area (Å²) >= 11 is 0. The molecule has 1 aliphatic rings. The van der Waals surface area contributed by atoms with E-state index in [0.29, 0.717) is 6.42 Å². The van der Waals surface area contributed by atoms with Gasteiger partial charge in [-0.25, -0.2) is 0 Å². The minimum absolute atomic E-state index is 0.0604. The van der Waals surface area contributed by atoms with E-state index in [0.717, 1.165) is 32.0 Å².